The Kier molecular flexibility index (Phi) is 2.99. The Morgan fingerprint density at radius 1 is 1.45 bits per heavy atom. The average Bonchev–Trinajstić information content (AvgIpc) is 2.04. The second-order valence-electron chi connectivity index (χ2n) is 2.43. The van der Waals surface area contributed by atoms with Gasteiger partial charge in [0.15, 0.2) is 12.1 Å². The largest absolute Gasteiger partial charge is 0.376 e. The highest BCUT2D eigenvalue weighted by molar-refractivity contribution is 5.80. The van der Waals surface area contributed by atoms with E-state index in [1.807, 2.05) is 0 Å². The van der Waals surface area contributed by atoms with Crippen LogP contribution >= 0.6 is 0 Å². The molecule has 1 rings (SSSR count). The van der Waals surface area contributed by atoms with Crippen molar-refractivity contribution in [2.45, 2.75) is 18.8 Å². The maximum atomic E-state index is 10.8. The predicted molar refractivity (Wildman–Crippen MR) is 37.2 cm³/mol. The normalized spacial score (nSPS) is 32.4. The van der Waals surface area contributed by atoms with Gasteiger partial charge in [-0.1, -0.05) is 0 Å². The highest BCUT2D eigenvalue weighted by atomic mass is 16.7. The molecule has 1 heterocycles. The Morgan fingerprint density at radius 2 is 2.18 bits per heavy atom. The Hall–Kier alpha value is -0.450. The van der Waals surface area contributed by atoms with Crippen LogP contribution in [0, 0.1) is 0 Å². The van der Waals surface area contributed by atoms with E-state index in [2.05, 4.69) is 0 Å². The molecule has 4 nitrogen and oxygen atoms in total. The molecule has 11 heavy (non-hydrogen) atoms. The van der Waals surface area contributed by atoms with E-state index in [-0.39, 0.29) is 18.5 Å². The number of rotatable bonds is 2. The molecule has 0 aromatic rings. The van der Waals surface area contributed by atoms with Gasteiger partial charge in [-0.15, -0.1) is 0 Å². The predicted octanol–water partition coefficient (Wildman–Crippen LogP) is -0.0367. The van der Waals surface area contributed by atoms with Gasteiger partial charge in [0.1, 0.15) is 12.7 Å². The second-order valence-corrected chi connectivity index (χ2v) is 2.43. The summed E-state index contributed by atoms with van der Waals surface area (Å²) in [4.78, 5) is 10.8. The monoisotopic (exact) mass is 160 g/mol. The van der Waals surface area contributed by atoms with Crippen LogP contribution in [0.3, 0.4) is 0 Å². The van der Waals surface area contributed by atoms with Gasteiger partial charge in [0, 0.05) is 20.6 Å². The van der Waals surface area contributed by atoms with Crippen LogP contribution < -0.4 is 0 Å². The van der Waals surface area contributed by atoms with Crippen LogP contribution in [0.25, 0.3) is 0 Å². The van der Waals surface area contributed by atoms with Crippen molar-refractivity contribution in [1.82, 2.24) is 0 Å². The van der Waals surface area contributed by atoms with Gasteiger partial charge in [-0.05, 0) is 0 Å². The first-order valence-corrected chi connectivity index (χ1v) is 3.47. The van der Waals surface area contributed by atoms with E-state index in [1.165, 1.54) is 7.11 Å². The summed E-state index contributed by atoms with van der Waals surface area (Å²) in [6.07, 6.45) is -0.256. The number of methoxy groups -OCH3 is 2. The van der Waals surface area contributed by atoms with Crippen molar-refractivity contribution in [3.05, 3.63) is 0 Å². The summed E-state index contributed by atoms with van der Waals surface area (Å²) in [6, 6.07) is 0. The van der Waals surface area contributed by atoms with Gasteiger partial charge in [-0.2, -0.15) is 0 Å². The molecule has 0 saturated carbocycles. The van der Waals surface area contributed by atoms with E-state index in [1.54, 1.807) is 7.11 Å². The molecule has 0 amide bonds. The lowest BCUT2D eigenvalue weighted by Crippen LogP contribution is -2.41. The van der Waals surface area contributed by atoms with Crippen molar-refractivity contribution in [2.75, 3.05) is 20.8 Å². The first-order chi connectivity index (χ1) is 5.27. The van der Waals surface area contributed by atoms with Crippen LogP contribution in [0.15, 0.2) is 0 Å². The lowest BCUT2D eigenvalue weighted by atomic mass is 10.1. The molecule has 0 spiro atoms. The maximum absolute atomic E-state index is 10.8. The Balaban J connectivity index is 2.48. The van der Waals surface area contributed by atoms with Crippen LogP contribution in [0.5, 0.6) is 0 Å². The number of Topliss-reactive ketones (excluding diaryl/α,β-unsaturated/α-hetero) is 1. The fourth-order valence-corrected chi connectivity index (χ4v) is 1.08. The third kappa shape index (κ3) is 1.99. The summed E-state index contributed by atoms with van der Waals surface area (Å²) in [5.41, 5.74) is 0. The fourth-order valence-electron chi connectivity index (χ4n) is 1.08. The minimum absolute atomic E-state index is 0.0603. The summed E-state index contributed by atoms with van der Waals surface area (Å²) in [5, 5.41) is 0. The summed E-state index contributed by atoms with van der Waals surface area (Å²) >= 11 is 0. The SMILES string of the molecule is COC1CC(=O)COC1OC. The molecule has 0 aromatic heterocycles. The van der Waals surface area contributed by atoms with E-state index in [9.17, 15) is 4.79 Å². The molecule has 1 aliphatic rings. The van der Waals surface area contributed by atoms with E-state index >= 15 is 0 Å². The summed E-state index contributed by atoms with van der Waals surface area (Å²) in [7, 11) is 3.07. The smallest absolute Gasteiger partial charge is 0.184 e. The third-order valence-corrected chi connectivity index (χ3v) is 1.68. The van der Waals surface area contributed by atoms with Gasteiger partial charge < -0.3 is 14.2 Å². The zero-order chi connectivity index (χ0) is 8.27. The van der Waals surface area contributed by atoms with E-state index in [0.717, 1.165) is 0 Å². The van der Waals surface area contributed by atoms with Crippen LogP contribution in [-0.2, 0) is 19.0 Å². The lowest BCUT2D eigenvalue weighted by Gasteiger charge is -2.28. The Morgan fingerprint density at radius 3 is 2.73 bits per heavy atom. The molecule has 0 aliphatic carbocycles. The fraction of sp³-hybridized carbons (Fsp3) is 0.857. The van der Waals surface area contributed by atoms with Crippen molar-refractivity contribution < 1.29 is 19.0 Å². The summed E-state index contributed by atoms with van der Waals surface area (Å²) in [6.45, 7) is 0.137. The number of carbonyl (C=O) groups is 1. The van der Waals surface area contributed by atoms with Crippen LogP contribution in [0.1, 0.15) is 6.42 Å². The summed E-state index contributed by atoms with van der Waals surface area (Å²) in [5.74, 6) is 0.0603. The minimum atomic E-state index is -0.391. The molecule has 4 heteroatoms. The molecule has 2 unspecified atom stereocenters. The van der Waals surface area contributed by atoms with E-state index in [4.69, 9.17) is 14.2 Å². The van der Waals surface area contributed by atoms with Crippen molar-refractivity contribution in [3.8, 4) is 0 Å². The van der Waals surface area contributed by atoms with Crippen LogP contribution in [0.2, 0.25) is 0 Å². The molecule has 0 radical (unpaired) electrons. The number of ether oxygens (including phenoxy) is 3. The molecular weight excluding hydrogens is 148 g/mol. The molecular formula is C7H12O4. The molecule has 1 saturated heterocycles. The quantitative estimate of drug-likeness (QED) is 0.568. The van der Waals surface area contributed by atoms with Crippen molar-refractivity contribution >= 4 is 5.78 Å². The first kappa shape index (κ1) is 8.64. The molecule has 64 valence electrons. The van der Waals surface area contributed by atoms with Crippen LogP contribution in [0.4, 0.5) is 0 Å². The minimum Gasteiger partial charge on any atom is -0.376 e. The van der Waals surface area contributed by atoms with Crippen molar-refractivity contribution in [3.63, 3.8) is 0 Å². The number of ketones is 1. The van der Waals surface area contributed by atoms with Gasteiger partial charge in [0.05, 0.1) is 0 Å². The highest BCUT2D eigenvalue weighted by Crippen LogP contribution is 2.14. The standard InChI is InChI=1S/C7H12O4/c1-9-6-3-5(8)4-11-7(6)10-2/h6-7H,3-4H2,1-2H3. The molecule has 0 bridgehead atoms. The first-order valence-electron chi connectivity index (χ1n) is 3.47. The molecule has 0 aromatic carbocycles. The third-order valence-electron chi connectivity index (χ3n) is 1.68. The van der Waals surface area contributed by atoms with Gasteiger partial charge in [0.25, 0.3) is 0 Å². The molecule has 2 atom stereocenters. The Labute approximate surface area is 65.4 Å². The van der Waals surface area contributed by atoms with E-state index < -0.39 is 6.29 Å². The van der Waals surface area contributed by atoms with Gasteiger partial charge in [-0.3, -0.25) is 4.79 Å². The molecule has 0 N–H and O–H groups in total. The van der Waals surface area contributed by atoms with Gasteiger partial charge in [0.2, 0.25) is 0 Å². The Bertz CT molecular complexity index is 145. The average molecular weight is 160 g/mol. The zero-order valence-corrected chi connectivity index (χ0v) is 6.70. The molecule has 1 fully saturated rings. The van der Waals surface area contributed by atoms with Crippen molar-refractivity contribution in [1.29, 1.82) is 0 Å². The zero-order valence-electron chi connectivity index (χ0n) is 6.70. The number of hydrogen-bond acceptors (Lipinski definition) is 4. The summed E-state index contributed by atoms with van der Waals surface area (Å²) < 4.78 is 15.0. The number of carbonyl (C=O) groups excluding carboxylic acids is 1. The number of hydrogen-bond donors (Lipinski definition) is 0. The topological polar surface area (TPSA) is 44.8 Å². The van der Waals surface area contributed by atoms with Crippen LogP contribution in [-0.4, -0.2) is 39.0 Å². The maximum Gasteiger partial charge on any atom is 0.184 e. The van der Waals surface area contributed by atoms with E-state index in [0.29, 0.717) is 6.42 Å². The van der Waals surface area contributed by atoms with Crippen molar-refractivity contribution in [2.24, 2.45) is 0 Å². The lowest BCUT2D eigenvalue weighted by molar-refractivity contribution is -0.207. The van der Waals surface area contributed by atoms with Gasteiger partial charge >= 0.3 is 0 Å². The second kappa shape index (κ2) is 3.80. The molecule has 1 aliphatic heterocycles. The highest BCUT2D eigenvalue weighted by Gasteiger charge is 2.29. The van der Waals surface area contributed by atoms with Gasteiger partial charge in [-0.25, -0.2) is 0 Å².